The van der Waals surface area contributed by atoms with Gasteiger partial charge in [-0.25, -0.2) is 13.1 Å². The summed E-state index contributed by atoms with van der Waals surface area (Å²) in [5.74, 6) is -1.11. The number of sulfonamides is 1. The maximum atomic E-state index is 12.3. The monoisotopic (exact) mass is 426 g/mol. The number of hydrogen-bond donors (Lipinski definition) is 2. The van der Waals surface area contributed by atoms with Crippen LogP contribution in [0.2, 0.25) is 0 Å². The third-order valence-corrected chi connectivity index (χ3v) is 5.11. The van der Waals surface area contributed by atoms with Gasteiger partial charge in [0.2, 0.25) is 5.91 Å². The molecule has 0 saturated heterocycles. The Hall–Kier alpha value is -2.23. The highest BCUT2D eigenvalue weighted by Gasteiger charge is 2.20. The fourth-order valence-electron chi connectivity index (χ4n) is 1.93. The summed E-state index contributed by atoms with van der Waals surface area (Å²) in [5, 5.41) is 2.54. The Bertz CT molecular complexity index is 882. The van der Waals surface area contributed by atoms with Crippen LogP contribution in [-0.2, 0) is 19.6 Å². The number of rotatable bonds is 6. The first kappa shape index (κ1) is 19.1. The van der Waals surface area contributed by atoms with E-state index >= 15 is 0 Å². The third kappa shape index (κ3) is 5.12. The van der Waals surface area contributed by atoms with Crippen LogP contribution in [0.1, 0.15) is 10.4 Å². The molecule has 0 aromatic heterocycles. The molecule has 7 nitrogen and oxygen atoms in total. The zero-order chi connectivity index (χ0) is 18.4. The molecule has 132 valence electrons. The number of benzene rings is 2. The molecule has 0 bridgehead atoms. The summed E-state index contributed by atoms with van der Waals surface area (Å²) < 4.78 is 31.8. The van der Waals surface area contributed by atoms with E-state index < -0.39 is 15.9 Å². The standard InChI is InChI=1S/C16H15BrN2O5S/c1-24-10-15(20)18-11-6-8-12(9-7-11)25(22,23)19-16(21)13-4-2-3-5-14(13)17/h2-9H,10H2,1H3,(H,18,20)(H,19,21). The van der Waals surface area contributed by atoms with Gasteiger partial charge in [0.25, 0.3) is 15.9 Å². The summed E-state index contributed by atoms with van der Waals surface area (Å²) in [6.07, 6.45) is 0. The number of anilines is 1. The second-order valence-electron chi connectivity index (χ2n) is 4.92. The van der Waals surface area contributed by atoms with E-state index in [0.29, 0.717) is 10.2 Å². The largest absolute Gasteiger partial charge is 0.375 e. The molecule has 2 N–H and O–H groups in total. The van der Waals surface area contributed by atoms with Crippen molar-refractivity contribution in [1.82, 2.24) is 4.72 Å². The van der Waals surface area contributed by atoms with Crippen molar-refractivity contribution in [1.29, 1.82) is 0 Å². The summed E-state index contributed by atoms with van der Waals surface area (Å²) >= 11 is 3.20. The first-order chi connectivity index (χ1) is 11.8. The molecule has 9 heteroatoms. The fourth-order valence-corrected chi connectivity index (χ4v) is 3.36. The van der Waals surface area contributed by atoms with Crippen LogP contribution in [0.5, 0.6) is 0 Å². The molecular weight excluding hydrogens is 412 g/mol. The summed E-state index contributed by atoms with van der Waals surface area (Å²) in [5.41, 5.74) is 0.618. The number of carbonyl (C=O) groups is 2. The molecule has 0 atom stereocenters. The molecule has 0 heterocycles. The number of carbonyl (C=O) groups excluding carboxylic acids is 2. The average Bonchev–Trinajstić information content (AvgIpc) is 2.55. The second-order valence-corrected chi connectivity index (χ2v) is 7.46. The molecule has 0 unspecified atom stereocenters. The summed E-state index contributed by atoms with van der Waals surface area (Å²) in [6, 6.07) is 11.9. The minimum atomic E-state index is -4.04. The van der Waals surface area contributed by atoms with E-state index in [1.54, 1.807) is 18.2 Å². The molecule has 0 spiro atoms. The molecule has 0 saturated carbocycles. The molecule has 0 radical (unpaired) electrons. The van der Waals surface area contributed by atoms with E-state index in [1.165, 1.54) is 37.4 Å². The van der Waals surface area contributed by atoms with Gasteiger partial charge in [-0.05, 0) is 52.3 Å². The number of nitrogens with one attached hydrogen (secondary N) is 2. The van der Waals surface area contributed by atoms with E-state index in [4.69, 9.17) is 0 Å². The van der Waals surface area contributed by atoms with Gasteiger partial charge in [0, 0.05) is 17.3 Å². The lowest BCUT2D eigenvalue weighted by atomic mass is 10.2. The Labute approximate surface area is 153 Å². The van der Waals surface area contributed by atoms with Gasteiger partial charge in [-0.15, -0.1) is 0 Å². The van der Waals surface area contributed by atoms with E-state index in [2.05, 4.69) is 26.0 Å². The van der Waals surface area contributed by atoms with Crippen molar-refractivity contribution < 1.29 is 22.7 Å². The lowest BCUT2D eigenvalue weighted by Crippen LogP contribution is -2.30. The highest BCUT2D eigenvalue weighted by atomic mass is 79.9. The zero-order valence-corrected chi connectivity index (χ0v) is 15.6. The van der Waals surface area contributed by atoms with Crippen LogP contribution in [0.3, 0.4) is 0 Å². The van der Waals surface area contributed by atoms with Gasteiger partial charge in [0.1, 0.15) is 6.61 Å². The highest BCUT2D eigenvalue weighted by molar-refractivity contribution is 9.10. The molecule has 2 rings (SSSR count). The number of halogens is 1. The van der Waals surface area contributed by atoms with Crippen LogP contribution in [-0.4, -0.2) is 33.9 Å². The van der Waals surface area contributed by atoms with Crippen molar-refractivity contribution in [3.05, 3.63) is 58.6 Å². The Balaban J connectivity index is 2.13. The van der Waals surface area contributed by atoms with E-state index in [9.17, 15) is 18.0 Å². The van der Waals surface area contributed by atoms with Gasteiger partial charge in [-0.1, -0.05) is 12.1 Å². The second kappa shape index (κ2) is 8.24. The Morgan fingerprint density at radius 2 is 1.72 bits per heavy atom. The van der Waals surface area contributed by atoms with Gasteiger partial charge in [-0.3, -0.25) is 9.59 Å². The highest BCUT2D eigenvalue weighted by Crippen LogP contribution is 2.18. The van der Waals surface area contributed by atoms with Crippen LogP contribution >= 0.6 is 15.9 Å². The van der Waals surface area contributed by atoms with Gasteiger partial charge >= 0.3 is 0 Å². The number of ether oxygens (including phenoxy) is 1. The first-order valence-corrected chi connectivity index (χ1v) is 9.31. The van der Waals surface area contributed by atoms with Gasteiger partial charge in [0.15, 0.2) is 0 Å². The lowest BCUT2D eigenvalue weighted by Gasteiger charge is -2.09. The zero-order valence-electron chi connectivity index (χ0n) is 13.2. The van der Waals surface area contributed by atoms with Crippen molar-refractivity contribution in [2.45, 2.75) is 4.90 Å². The number of methoxy groups -OCH3 is 1. The normalized spacial score (nSPS) is 11.0. The van der Waals surface area contributed by atoms with Crippen LogP contribution in [0, 0.1) is 0 Å². The molecule has 0 aliphatic heterocycles. The minimum absolute atomic E-state index is 0.0994. The maximum absolute atomic E-state index is 12.3. The fraction of sp³-hybridized carbons (Fsp3) is 0.125. The minimum Gasteiger partial charge on any atom is -0.375 e. The summed E-state index contributed by atoms with van der Waals surface area (Å²) in [7, 11) is -2.65. The predicted molar refractivity (Wildman–Crippen MR) is 95.7 cm³/mol. The molecule has 0 aliphatic rings. The van der Waals surface area contributed by atoms with E-state index in [-0.39, 0.29) is 23.0 Å². The van der Waals surface area contributed by atoms with Crippen molar-refractivity contribution in [2.24, 2.45) is 0 Å². The lowest BCUT2D eigenvalue weighted by molar-refractivity contribution is -0.119. The molecule has 2 amide bonds. The topological polar surface area (TPSA) is 102 Å². The maximum Gasteiger partial charge on any atom is 0.266 e. The van der Waals surface area contributed by atoms with Crippen LogP contribution in [0.4, 0.5) is 5.69 Å². The SMILES string of the molecule is COCC(=O)Nc1ccc(S(=O)(=O)NC(=O)c2ccccc2Br)cc1. The summed E-state index contributed by atoms with van der Waals surface area (Å²) in [4.78, 5) is 23.5. The predicted octanol–water partition coefficient (Wildman–Crippen LogP) is 2.15. The van der Waals surface area contributed by atoms with Crippen molar-refractivity contribution in [3.8, 4) is 0 Å². The first-order valence-electron chi connectivity index (χ1n) is 7.04. The molecule has 2 aromatic rings. The Morgan fingerprint density at radius 3 is 2.32 bits per heavy atom. The quantitative estimate of drug-likeness (QED) is 0.736. The number of hydrogen-bond acceptors (Lipinski definition) is 5. The van der Waals surface area contributed by atoms with E-state index in [1.807, 2.05) is 4.72 Å². The molecule has 0 aliphatic carbocycles. The van der Waals surface area contributed by atoms with Gasteiger partial charge in [-0.2, -0.15) is 0 Å². The Kier molecular flexibility index (Phi) is 6.29. The van der Waals surface area contributed by atoms with Crippen LogP contribution in [0.15, 0.2) is 57.9 Å². The summed E-state index contributed by atoms with van der Waals surface area (Å²) in [6.45, 7) is -0.109. The molecular formula is C16H15BrN2O5S. The average molecular weight is 427 g/mol. The van der Waals surface area contributed by atoms with E-state index in [0.717, 1.165) is 0 Å². The third-order valence-electron chi connectivity index (χ3n) is 3.07. The molecule has 25 heavy (non-hydrogen) atoms. The van der Waals surface area contributed by atoms with Crippen molar-refractivity contribution in [2.75, 3.05) is 19.0 Å². The van der Waals surface area contributed by atoms with Crippen molar-refractivity contribution >= 4 is 43.5 Å². The van der Waals surface area contributed by atoms with Gasteiger partial charge < -0.3 is 10.1 Å². The van der Waals surface area contributed by atoms with Gasteiger partial charge in [0.05, 0.1) is 10.5 Å². The van der Waals surface area contributed by atoms with Crippen LogP contribution in [0.25, 0.3) is 0 Å². The number of amides is 2. The van der Waals surface area contributed by atoms with Crippen LogP contribution < -0.4 is 10.0 Å². The Morgan fingerprint density at radius 1 is 1.08 bits per heavy atom. The smallest absolute Gasteiger partial charge is 0.266 e. The molecule has 0 fully saturated rings. The molecule has 2 aromatic carbocycles. The van der Waals surface area contributed by atoms with Crippen molar-refractivity contribution in [3.63, 3.8) is 0 Å².